The van der Waals surface area contributed by atoms with E-state index in [1.54, 1.807) is 71.7 Å². The Bertz CT molecular complexity index is 351. The molecular formula is C9H18N6S6. The van der Waals surface area contributed by atoms with E-state index in [9.17, 15) is 0 Å². The predicted octanol–water partition coefficient (Wildman–Crippen LogP) is 3.96. The Morgan fingerprint density at radius 2 is 0.667 bits per heavy atom. The molecular weight excluding hydrogens is 385 g/mol. The van der Waals surface area contributed by atoms with Crippen LogP contribution in [0.1, 0.15) is 0 Å². The SMILES string of the molecule is CSN(SC)c1nc(N(SC)SC)nc(N(SC)SC)n1. The molecule has 0 aliphatic rings. The van der Waals surface area contributed by atoms with Gasteiger partial charge in [-0.3, -0.25) is 0 Å². The molecule has 0 fully saturated rings. The van der Waals surface area contributed by atoms with Crippen LogP contribution >= 0.6 is 71.7 Å². The molecule has 0 amide bonds. The molecule has 12 heteroatoms. The molecule has 0 aromatic carbocycles. The summed E-state index contributed by atoms with van der Waals surface area (Å²) in [5.74, 6) is 1.95. The summed E-state index contributed by atoms with van der Waals surface area (Å²) in [4.78, 5) is 13.7. The molecule has 0 spiro atoms. The van der Waals surface area contributed by atoms with Crippen molar-refractivity contribution in [1.29, 1.82) is 0 Å². The van der Waals surface area contributed by atoms with Gasteiger partial charge in [0.15, 0.2) is 0 Å². The van der Waals surface area contributed by atoms with Gasteiger partial charge in [-0.25, -0.2) is 11.1 Å². The third-order valence-corrected chi connectivity index (χ3v) is 7.74. The zero-order valence-corrected chi connectivity index (χ0v) is 17.5. The molecule has 0 radical (unpaired) electrons. The molecule has 0 bridgehead atoms. The zero-order valence-electron chi connectivity index (χ0n) is 12.6. The maximum absolute atomic E-state index is 4.57. The first kappa shape index (κ1) is 19.6. The number of hydrogen-bond donors (Lipinski definition) is 0. The van der Waals surface area contributed by atoms with E-state index in [0.29, 0.717) is 17.8 Å². The Balaban J connectivity index is 3.30. The lowest BCUT2D eigenvalue weighted by molar-refractivity contribution is 1.05. The molecule has 0 saturated heterocycles. The smallest absolute Gasteiger partial charge is 0.225 e. The van der Waals surface area contributed by atoms with E-state index in [2.05, 4.69) is 15.0 Å². The van der Waals surface area contributed by atoms with Crippen LogP contribution in [0, 0.1) is 0 Å². The summed E-state index contributed by atoms with van der Waals surface area (Å²) in [5, 5.41) is 0. The van der Waals surface area contributed by atoms with Crippen LogP contribution in [-0.2, 0) is 0 Å². The van der Waals surface area contributed by atoms with E-state index in [-0.39, 0.29) is 0 Å². The van der Waals surface area contributed by atoms with E-state index < -0.39 is 0 Å². The van der Waals surface area contributed by atoms with Crippen LogP contribution in [0.5, 0.6) is 0 Å². The van der Waals surface area contributed by atoms with Crippen molar-refractivity contribution in [3.05, 3.63) is 0 Å². The number of hydrogen-bond acceptors (Lipinski definition) is 12. The average molecular weight is 403 g/mol. The maximum Gasteiger partial charge on any atom is 0.252 e. The Morgan fingerprint density at radius 1 is 0.476 bits per heavy atom. The minimum Gasteiger partial charge on any atom is -0.225 e. The van der Waals surface area contributed by atoms with Gasteiger partial charge < -0.3 is 0 Å². The standard InChI is InChI=1S/C9H18N6S6/c1-16-13(17-2)7-10-8(14(18-3)19-4)12-9(11-7)15(20-5)21-6/h1-6H3. The minimum absolute atomic E-state index is 0.649. The summed E-state index contributed by atoms with van der Waals surface area (Å²) >= 11 is 9.44. The van der Waals surface area contributed by atoms with Crippen molar-refractivity contribution in [2.24, 2.45) is 0 Å². The van der Waals surface area contributed by atoms with Crippen LogP contribution in [-0.4, -0.2) is 52.5 Å². The maximum atomic E-state index is 4.57. The molecule has 0 unspecified atom stereocenters. The van der Waals surface area contributed by atoms with E-state index in [4.69, 9.17) is 0 Å². The van der Waals surface area contributed by atoms with Crippen molar-refractivity contribution in [2.75, 3.05) is 48.7 Å². The Hall–Kier alpha value is 0.510. The van der Waals surface area contributed by atoms with Gasteiger partial charge in [-0.2, -0.15) is 15.0 Å². The Labute approximate surface area is 152 Å². The van der Waals surface area contributed by atoms with Gasteiger partial charge in [-0.1, -0.05) is 0 Å². The third kappa shape index (κ3) is 5.27. The second kappa shape index (κ2) is 10.3. The fourth-order valence-electron chi connectivity index (χ4n) is 1.30. The van der Waals surface area contributed by atoms with Crippen LogP contribution in [0.2, 0.25) is 0 Å². The van der Waals surface area contributed by atoms with E-state index in [1.807, 2.05) is 48.7 Å². The Kier molecular flexibility index (Phi) is 9.61. The first-order valence-corrected chi connectivity index (χ1v) is 12.6. The second-order valence-corrected chi connectivity index (χ2v) is 8.18. The number of anilines is 3. The monoisotopic (exact) mass is 402 g/mol. The highest BCUT2D eigenvalue weighted by Crippen LogP contribution is 2.33. The van der Waals surface area contributed by atoms with Crippen molar-refractivity contribution < 1.29 is 0 Å². The highest BCUT2D eigenvalue weighted by atomic mass is 32.2. The quantitative estimate of drug-likeness (QED) is 0.562. The lowest BCUT2D eigenvalue weighted by atomic mass is 10.8. The van der Waals surface area contributed by atoms with Crippen molar-refractivity contribution in [2.45, 2.75) is 0 Å². The van der Waals surface area contributed by atoms with E-state index in [1.165, 1.54) is 0 Å². The molecule has 1 rings (SSSR count). The van der Waals surface area contributed by atoms with Gasteiger partial charge in [0.1, 0.15) is 0 Å². The number of aromatic nitrogens is 3. The van der Waals surface area contributed by atoms with Crippen molar-refractivity contribution >= 4 is 89.5 Å². The van der Waals surface area contributed by atoms with Gasteiger partial charge in [-0.15, -0.1) is 0 Å². The molecule has 0 aliphatic heterocycles. The zero-order chi connectivity index (χ0) is 15.8. The summed E-state index contributed by atoms with van der Waals surface area (Å²) in [7, 11) is 0. The molecule has 1 heterocycles. The highest BCUT2D eigenvalue weighted by Gasteiger charge is 2.19. The summed E-state index contributed by atoms with van der Waals surface area (Å²) < 4.78 is 5.89. The summed E-state index contributed by atoms with van der Waals surface area (Å²) in [6, 6.07) is 0. The van der Waals surface area contributed by atoms with Gasteiger partial charge in [0.25, 0.3) is 17.8 Å². The molecule has 0 saturated carbocycles. The van der Waals surface area contributed by atoms with Gasteiger partial charge in [0, 0.05) is 37.5 Å². The first-order chi connectivity index (χ1) is 10.1. The topological polar surface area (TPSA) is 48.4 Å². The molecule has 1 aromatic heterocycles. The average Bonchev–Trinajstić information content (AvgIpc) is 2.51. The third-order valence-electron chi connectivity index (χ3n) is 2.08. The molecule has 0 atom stereocenters. The minimum atomic E-state index is 0.649. The first-order valence-electron chi connectivity index (χ1n) is 5.56. The van der Waals surface area contributed by atoms with Gasteiger partial charge in [0.2, 0.25) is 0 Å². The fourth-order valence-corrected chi connectivity index (χ4v) is 4.56. The summed E-state index contributed by atoms with van der Waals surface area (Å²) in [6.07, 6.45) is 12.0. The second-order valence-electron chi connectivity index (χ2n) is 3.10. The van der Waals surface area contributed by atoms with Crippen molar-refractivity contribution in [3.8, 4) is 0 Å². The molecule has 0 aliphatic carbocycles. The molecule has 1 aromatic rings. The molecule has 21 heavy (non-hydrogen) atoms. The predicted molar refractivity (Wildman–Crippen MR) is 108 cm³/mol. The van der Waals surface area contributed by atoms with Gasteiger partial charge in [-0.05, 0) is 71.7 Å². The van der Waals surface area contributed by atoms with Crippen molar-refractivity contribution in [3.63, 3.8) is 0 Å². The molecule has 6 nitrogen and oxygen atoms in total. The van der Waals surface area contributed by atoms with E-state index in [0.717, 1.165) is 0 Å². The number of rotatable bonds is 9. The molecule has 120 valence electrons. The van der Waals surface area contributed by atoms with Gasteiger partial charge >= 0.3 is 0 Å². The van der Waals surface area contributed by atoms with Crippen molar-refractivity contribution in [1.82, 2.24) is 15.0 Å². The highest BCUT2D eigenvalue weighted by molar-refractivity contribution is 8.18. The van der Waals surface area contributed by atoms with Crippen LogP contribution < -0.4 is 11.1 Å². The lowest BCUT2D eigenvalue weighted by Crippen LogP contribution is -2.16. The van der Waals surface area contributed by atoms with Crippen LogP contribution in [0.4, 0.5) is 17.8 Å². The largest absolute Gasteiger partial charge is 0.252 e. The number of nitrogens with zero attached hydrogens (tertiary/aromatic N) is 6. The lowest BCUT2D eigenvalue weighted by Gasteiger charge is -2.22. The van der Waals surface area contributed by atoms with E-state index >= 15 is 0 Å². The summed E-state index contributed by atoms with van der Waals surface area (Å²) in [6.45, 7) is 0. The summed E-state index contributed by atoms with van der Waals surface area (Å²) in [5.41, 5.74) is 0. The van der Waals surface area contributed by atoms with Crippen LogP contribution in [0.25, 0.3) is 0 Å². The Morgan fingerprint density at radius 3 is 0.810 bits per heavy atom. The normalized spacial score (nSPS) is 10.6. The van der Waals surface area contributed by atoms with Gasteiger partial charge in [0.05, 0.1) is 0 Å². The van der Waals surface area contributed by atoms with Crippen LogP contribution in [0.15, 0.2) is 0 Å². The fraction of sp³-hybridized carbons (Fsp3) is 0.667. The van der Waals surface area contributed by atoms with Crippen LogP contribution in [0.3, 0.4) is 0 Å². The molecule has 0 N–H and O–H groups in total.